The van der Waals surface area contributed by atoms with Gasteiger partial charge in [-0.2, -0.15) is 0 Å². The fourth-order valence-electron chi connectivity index (χ4n) is 2.24. The maximum Gasteiger partial charge on any atom is 0.228 e. The van der Waals surface area contributed by atoms with Gasteiger partial charge in [0, 0.05) is 24.2 Å². The highest BCUT2D eigenvalue weighted by atomic mass is 32.1. The smallest absolute Gasteiger partial charge is 0.228 e. The van der Waals surface area contributed by atoms with Crippen molar-refractivity contribution in [3.63, 3.8) is 0 Å². The number of anilines is 2. The van der Waals surface area contributed by atoms with E-state index in [0.29, 0.717) is 6.42 Å². The summed E-state index contributed by atoms with van der Waals surface area (Å²) >= 11 is 1.53. The van der Waals surface area contributed by atoms with Crippen LogP contribution in [-0.4, -0.2) is 28.9 Å². The molecule has 1 N–H and O–H groups in total. The molecule has 1 aromatic heterocycles. The third kappa shape index (κ3) is 4.31. The quantitative estimate of drug-likeness (QED) is 0.843. The largest absolute Gasteiger partial charge is 0.343 e. The first-order valence-corrected chi connectivity index (χ1v) is 8.62. The van der Waals surface area contributed by atoms with Crippen LogP contribution in [-0.2, 0) is 17.6 Å². The van der Waals surface area contributed by atoms with E-state index in [4.69, 9.17) is 0 Å². The molecule has 5 heteroatoms. The van der Waals surface area contributed by atoms with Crippen molar-refractivity contribution < 1.29 is 4.79 Å². The number of aromatic nitrogens is 1. The van der Waals surface area contributed by atoms with Crippen LogP contribution in [0.2, 0.25) is 0 Å². The SMILES string of the molecule is CCc1ccc(Nc2nc(CC(=O)N(CC)CC)cs2)cc1. The first kappa shape index (κ1) is 16.5. The molecule has 0 saturated heterocycles. The number of aryl methyl sites for hydroxylation is 1. The van der Waals surface area contributed by atoms with Crippen LogP contribution in [0.3, 0.4) is 0 Å². The molecule has 0 aliphatic rings. The zero-order chi connectivity index (χ0) is 15.9. The molecule has 4 nitrogen and oxygen atoms in total. The Balaban J connectivity index is 1.97. The summed E-state index contributed by atoms with van der Waals surface area (Å²) in [4.78, 5) is 18.4. The number of benzene rings is 1. The van der Waals surface area contributed by atoms with E-state index in [1.807, 2.05) is 24.1 Å². The molecule has 2 rings (SSSR count). The number of carbonyl (C=O) groups is 1. The molecule has 0 radical (unpaired) electrons. The van der Waals surface area contributed by atoms with Crippen molar-refractivity contribution in [1.82, 2.24) is 9.88 Å². The number of likely N-dealkylation sites (N-methyl/N-ethyl adjacent to an activating group) is 1. The molecular weight excluding hydrogens is 294 g/mol. The zero-order valence-corrected chi connectivity index (χ0v) is 14.2. The predicted octanol–water partition coefficient (Wildman–Crippen LogP) is 3.86. The molecule has 118 valence electrons. The Hall–Kier alpha value is -1.88. The van der Waals surface area contributed by atoms with Crippen LogP contribution in [0.15, 0.2) is 29.6 Å². The average molecular weight is 317 g/mol. The fourth-order valence-corrected chi connectivity index (χ4v) is 2.97. The number of nitrogens with zero attached hydrogens (tertiary/aromatic N) is 2. The standard InChI is InChI=1S/C17H23N3OS/c1-4-13-7-9-14(10-8-13)18-17-19-15(12-22-17)11-16(21)20(5-2)6-3/h7-10,12H,4-6,11H2,1-3H3,(H,18,19). The minimum atomic E-state index is 0.133. The normalized spacial score (nSPS) is 10.5. The Morgan fingerprint density at radius 2 is 1.86 bits per heavy atom. The van der Waals surface area contributed by atoms with E-state index in [1.165, 1.54) is 16.9 Å². The molecule has 0 atom stereocenters. The lowest BCUT2D eigenvalue weighted by atomic mass is 10.1. The minimum absolute atomic E-state index is 0.133. The number of carbonyl (C=O) groups excluding carboxylic acids is 1. The Bertz CT molecular complexity index is 603. The first-order valence-electron chi connectivity index (χ1n) is 7.74. The van der Waals surface area contributed by atoms with Crippen LogP contribution in [0.5, 0.6) is 0 Å². The molecule has 1 heterocycles. The van der Waals surface area contributed by atoms with Crippen LogP contribution >= 0.6 is 11.3 Å². The zero-order valence-electron chi connectivity index (χ0n) is 13.4. The van der Waals surface area contributed by atoms with Gasteiger partial charge in [-0.3, -0.25) is 4.79 Å². The Kier molecular flexibility index (Phi) is 5.95. The second-order valence-electron chi connectivity index (χ2n) is 5.06. The van der Waals surface area contributed by atoms with Gasteiger partial charge in [0.1, 0.15) is 0 Å². The summed E-state index contributed by atoms with van der Waals surface area (Å²) in [5.41, 5.74) is 3.16. The highest BCUT2D eigenvalue weighted by Crippen LogP contribution is 2.21. The molecule has 0 unspecified atom stereocenters. The predicted molar refractivity (Wildman–Crippen MR) is 92.8 cm³/mol. The topological polar surface area (TPSA) is 45.2 Å². The van der Waals surface area contributed by atoms with E-state index in [1.54, 1.807) is 0 Å². The number of hydrogen-bond acceptors (Lipinski definition) is 4. The van der Waals surface area contributed by atoms with Gasteiger partial charge in [0.2, 0.25) is 5.91 Å². The van der Waals surface area contributed by atoms with E-state index in [9.17, 15) is 4.79 Å². The first-order chi connectivity index (χ1) is 10.7. The van der Waals surface area contributed by atoms with Gasteiger partial charge in [-0.25, -0.2) is 4.98 Å². The van der Waals surface area contributed by atoms with Crippen LogP contribution in [0.1, 0.15) is 32.0 Å². The van der Waals surface area contributed by atoms with Gasteiger partial charge in [-0.15, -0.1) is 11.3 Å². The van der Waals surface area contributed by atoms with Gasteiger partial charge >= 0.3 is 0 Å². The minimum Gasteiger partial charge on any atom is -0.343 e. The van der Waals surface area contributed by atoms with Gasteiger partial charge in [-0.05, 0) is 38.0 Å². The highest BCUT2D eigenvalue weighted by molar-refractivity contribution is 7.13. The summed E-state index contributed by atoms with van der Waals surface area (Å²) < 4.78 is 0. The van der Waals surface area contributed by atoms with Crippen LogP contribution in [0.4, 0.5) is 10.8 Å². The van der Waals surface area contributed by atoms with Gasteiger partial charge in [0.15, 0.2) is 5.13 Å². The van der Waals surface area contributed by atoms with Gasteiger partial charge in [-0.1, -0.05) is 19.1 Å². The number of amides is 1. The summed E-state index contributed by atoms with van der Waals surface area (Å²) in [7, 11) is 0. The summed E-state index contributed by atoms with van der Waals surface area (Å²) in [5, 5.41) is 6.06. The Morgan fingerprint density at radius 3 is 2.45 bits per heavy atom. The van der Waals surface area contributed by atoms with E-state index < -0.39 is 0 Å². The van der Waals surface area contributed by atoms with Crippen molar-refractivity contribution in [1.29, 1.82) is 0 Å². The molecule has 0 bridgehead atoms. The van der Waals surface area contributed by atoms with Gasteiger partial charge in [0.05, 0.1) is 12.1 Å². The number of nitrogens with one attached hydrogen (secondary N) is 1. The molecule has 2 aromatic rings. The molecule has 22 heavy (non-hydrogen) atoms. The lowest BCUT2D eigenvalue weighted by Crippen LogP contribution is -2.31. The van der Waals surface area contributed by atoms with Crippen LogP contribution < -0.4 is 5.32 Å². The van der Waals surface area contributed by atoms with Crippen LogP contribution in [0.25, 0.3) is 0 Å². The van der Waals surface area contributed by atoms with Gasteiger partial charge < -0.3 is 10.2 Å². The molecule has 0 spiro atoms. The third-order valence-corrected chi connectivity index (χ3v) is 4.42. The summed E-state index contributed by atoms with van der Waals surface area (Å²) in [5.74, 6) is 0.133. The molecular formula is C17H23N3OS. The number of rotatable bonds is 7. The Morgan fingerprint density at radius 1 is 1.18 bits per heavy atom. The van der Waals surface area contributed by atoms with Crippen molar-refractivity contribution in [2.24, 2.45) is 0 Å². The highest BCUT2D eigenvalue weighted by Gasteiger charge is 2.12. The molecule has 0 saturated carbocycles. The maximum absolute atomic E-state index is 12.1. The lowest BCUT2D eigenvalue weighted by Gasteiger charge is -2.17. The van der Waals surface area contributed by atoms with E-state index in [-0.39, 0.29) is 5.91 Å². The summed E-state index contributed by atoms with van der Waals surface area (Å²) in [6.45, 7) is 7.62. The molecule has 0 fully saturated rings. The molecule has 1 aromatic carbocycles. The van der Waals surface area contributed by atoms with Crippen LogP contribution in [0, 0.1) is 0 Å². The van der Waals surface area contributed by atoms with Crippen molar-refractivity contribution >= 4 is 28.1 Å². The fraction of sp³-hybridized carbons (Fsp3) is 0.412. The monoisotopic (exact) mass is 317 g/mol. The molecule has 0 aliphatic carbocycles. The second-order valence-corrected chi connectivity index (χ2v) is 5.92. The van der Waals surface area contributed by atoms with E-state index in [2.05, 4.69) is 41.5 Å². The van der Waals surface area contributed by atoms with E-state index in [0.717, 1.165) is 36.0 Å². The summed E-state index contributed by atoms with van der Waals surface area (Å²) in [6.07, 6.45) is 1.41. The summed E-state index contributed by atoms with van der Waals surface area (Å²) in [6, 6.07) is 8.34. The number of hydrogen-bond donors (Lipinski definition) is 1. The van der Waals surface area contributed by atoms with Gasteiger partial charge in [0.25, 0.3) is 0 Å². The van der Waals surface area contributed by atoms with Crippen molar-refractivity contribution in [3.8, 4) is 0 Å². The maximum atomic E-state index is 12.1. The molecule has 0 aliphatic heterocycles. The number of thiazole rings is 1. The second kappa shape index (κ2) is 7.94. The third-order valence-electron chi connectivity index (χ3n) is 3.61. The Labute approximate surface area is 136 Å². The lowest BCUT2D eigenvalue weighted by molar-refractivity contribution is -0.130. The van der Waals surface area contributed by atoms with E-state index >= 15 is 0 Å². The molecule has 1 amide bonds. The average Bonchev–Trinajstić information content (AvgIpc) is 2.96. The van der Waals surface area contributed by atoms with Crippen molar-refractivity contribution in [3.05, 3.63) is 40.9 Å². The van der Waals surface area contributed by atoms with Crippen molar-refractivity contribution in [2.45, 2.75) is 33.6 Å². The van der Waals surface area contributed by atoms with Crippen molar-refractivity contribution in [2.75, 3.05) is 18.4 Å².